The predicted molar refractivity (Wildman–Crippen MR) is 74.3 cm³/mol. The molecule has 1 unspecified atom stereocenters. The molecule has 17 heavy (non-hydrogen) atoms. The van der Waals surface area contributed by atoms with Crippen molar-refractivity contribution in [3.8, 4) is 0 Å². The number of nitrogens with two attached hydrogens (primary N) is 1. The molecule has 0 radical (unpaired) electrons. The van der Waals surface area contributed by atoms with E-state index in [1.54, 1.807) is 19.5 Å². The topological polar surface area (TPSA) is 60.2 Å². The molecule has 0 aliphatic carbocycles. The number of nitrogens with one attached hydrogen (secondary N) is 1. The summed E-state index contributed by atoms with van der Waals surface area (Å²) in [6.07, 6.45) is 5.54. The lowest BCUT2D eigenvalue weighted by Gasteiger charge is -2.20. The number of aromatic nitrogens is 1. The number of thiocarbonyl (C=S) groups is 1. The number of nitrogens with zero attached hydrogens (tertiary/aromatic N) is 1. The zero-order chi connectivity index (χ0) is 12.7. The fourth-order valence-corrected chi connectivity index (χ4v) is 1.87. The third-order valence-electron chi connectivity index (χ3n) is 2.45. The zero-order valence-electron chi connectivity index (χ0n) is 10.3. The summed E-state index contributed by atoms with van der Waals surface area (Å²) in [5.41, 5.74) is 7.37. The summed E-state index contributed by atoms with van der Waals surface area (Å²) in [6.45, 7) is 2.79. The van der Waals surface area contributed by atoms with Crippen LogP contribution in [0, 0.1) is 0 Å². The summed E-state index contributed by atoms with van der Waals surface area (Å²) in [5.74, 6) is 0. The van der Waals surface area contributed by atoms with Crippen molar-refractivity contribution in [1.82, 2.24) is 4.98 Å². The zero-order valence-corrected chi connectivity index (χ0v) is 11.1. The molecule has 0 saturated carbocycles. The van der Waals surface area contributed by atoms with Gasteiger partial charge >= 0.3 is 0 Å². The molecule has 0 fully saturated rings. The lowest BCUT2D eigenvalue weighted by Crippen LogP contribution is -2.26. The van der Waals surface area contributed by atoms with E-state index in [-0.39, 0.29) is 6.04 Å². The Hall–Kier alpha value is -1.20. The summed E-state index contributed by atoms with van der Waals surface area (Å²) in [6, 6.07) is 2.07. The highest BCUT2D eigenvalue weighted by Gasteiger charge is 2.11. The quantitative estimate of drug-likeness (QED) is 0.727. The van der Waals surface area contributed by atoms with Crippen LogP contribution in [0.2, 0.25) is 0 Å². The number of methoxy groups -OCH3 is 1. The normalized spacial score (nSPS) is 12.1. The second-order valence-electron chi connectivity index (χ2n) is 3.87. The smallest absolute Gasteiger partial charge is 0.106 e. The van der Waals surface area contributed by atoms with Crippen LogP contribution in [0.15, 0.2) is 18.5 Å². The first kappa shape index (κ1) is 13.9. The van der Waals surface area contributed by atoms with E-state index in [4.69, 9.17) is 22.7 Å². The number of pyridine rings is 1. The Kier molecular flexibility index (Phi) is 5.86. The van der Waals surface area contributed by atoms with E-state index >= 15 is 0 Å². The molecule has 94 valence electrons. The van der Waals surface area contributed by atoms with Gasteiger partial charge in [-0.05, 0) is 12.5 Å². The van der Waals surface area contributed by atoms with E-state index in [2.05, 4.69) is 17.2 Å². The molecule has 0 aliphatic rings. The predicted octanol–water partition coefficient (Wildman–Crippen LogP) is 1.94. The van der Waals surface area contributed by atoms with Crippen molar-refractivity contribution < 1.29 is 4.74 Å². The highest BCUT2D eigenvalue weighted by Crippen LogP contribution is 2.16. The molecule has 0 aliphatic heterocycles. The maximum atomic E-state index is 5.67. The van der Waals surface area contributed by atoms with Crippen LogP contribution in [0.5, 0.6) is 0 Å². The highest BCUT2D eigenvalue weighted by atomic mass is 32.1. The van der Waals surface area contributed by atoms with E-state index in [0.717, 1.165) is 24.1 Å². The second-order valence-corrected chi connectivity index (χ2v) is 4.31. The Bertz CT molecular complexity index is 365. The number of hydrogen-bond donors (Lipinski definition) is 2. The van der Waals surface area contributed by atoms with Gasteiger partial charge in [0.15, 0.2) is 0 Å². The van der Waals surface area contributed by atoms with Crippen molar-refractivity contribution in [3.63, 3.8) is 0 Å². The van der Waals surface area contributed by atoms with Gasteiger partial charge in [-0.25, -0.2) is 0 Å². The molecular weight excluding hydrogens is 234 g/mol. The van der Waals surface area contributed by atoms with Gasteiger partial charge in [-0.1, -0.05) is 25.6 Å². The fraction of sp³-hybridized carbons (Fsp3) is 0.500. The first-order chi connectivity index (χ1) is 8.19. The molecule has 4 nitrogen and oxygen atoms in total. The lowest BCUT2D eigenvalue weighted by atomic mass is 10.1. The molecule has 0 bridgehead atoms. The fourth-order valence-electron chi connectivity index (χ4n) is 1.69. The Morgan fingerprint density at radius 3 is 3.00 bits per heavy atom. The highest BCUT2D eigenvalue weighted by molar-refractivity contribution is 7.80. The number of anilines is 1. The summed E-state index contributed by atoms with van der Waals surface area (Å²) < 4.78 is 5.18. The molecule has 0 amide bonds. The van der Waals surface area contributed by atoms with Crippen LogP contribution in [-0.4, -0.2) is 29.7 Å². The third kappa shape index (κ3) is 4.28. The van der Waals surface area contributed by atoms with Crippen LogP contribution in [0.4, 0.5) is 5.69 Å². The number of ether oxygens (including phenoxy) is 1. The molecule has 0 aromatic carbocycles. The molecule has 1 rings (SSSR count). The molecule has 1 aromatic heterocycles. The van der Waals surface area contributed by atoms with E-state index in [0.29, 0.717) is 11.6 Å². The Balaban J connectivity index is 2.80. The largest absolute Gasteiger partial charge is 0.389 e. The van der Waals surface area contributed by atoms with Gasteiger partial charge < -0.3 is 15.8 Å². The lowest BCUT2D eigenvalue weighted by molar-refractivity contribution is 0.182. The molecule has 1 heterocycles. The Labute approximate surface area is 108 Å². The minimum Gasteiger partial charge on any atom is -0.389 e. The summed E-state index contributed by atoms with van der Waals surface area (Å²) in [5, 5.41) is 3.38. The Morgan fingerprint density at radius 2 is 2.41 bits per heavy atom. The molecular formula is C12H19N3OS. The van der Waals surface area contributed by atoms with Gasteiger partial charge in [0.2, 0.25) is 0 Å². The molecule has 3 N–H and O–H groups in total. The van der Waals surface area contributed by atoms with Crippen molar-refractivity contribution in [1.29, 1.82) is 0 Å². The summed E-state index contributed by atoms with van der Waals surface area (Å²) in [7, 11) is 1.70. The van der Waals surface area contributed by atoms with Crippen LogP contribution in [0.3, 0.4) is 0 Å². The van der Waals surface area contributed by atoms with Crippen LogP contribution < -0.4 is 11.1 Å². The van der Waals surface area contributed by atoms with E-state index in [1.807, 2.05) is 6.07 Å². The SMILES string of the molecule is CCCC(COC)Nc1cnccc1C(N)=S. The first-order valence-electron chi connectivity index (χ1n) is 5.68. The minimum absolute atomic E-state index is 0.252. The van der Waals surface area contributed by atoms with Crippen LogP contribution in [0.25, 0.3) is 0 Å². The maximum absolute atomic E-state index is 5.67. The van der Waals surface area contributed by atoms with Crippen molar-refractivity contribution >= 4 is 22.9 Å². The van der Waals surface area contributed by atoms with Gasteiger partial charge in [0, 0.05) is 24.9 Å². The monoisotopic (exact) mass is 253 g/mol. The molecule has 5 heteroatoms. The van der Waals surface area contributed by atoms with Crippen molar-refractivity contribution in [3.05, 3.63) is 24.0 Å². The van der Waals surface area contributed by atoms with Crippen LogP contribution >= 0.6 is 12.2 Å². The van der Waals surface area contributed by atoms with E-state index < -0.39 is 0 Å². The minimum atomic E-state index is 0.252. The van der Waals surface area contributed by atoms with Crippen molar-refractivity contribution in [2.45, 2.75) is 25.8 Å². The van der Waals surface area contributed by atoms with Crippen molar-refractivity contribution in [2.75, 3.05) is 19.0 Å². The standard InChI is InChI=1S/C12H19N3OS/c1-3-4-9(8-16-2)15-11-7-14-6-5-10(11)12(13)17/h5-7,9,15H,3-4,8H2,1-2H3,(H2,13,17). The van der Waals surface area contributed by atoms with E-state index in [1.165, 1.54) is 0 Å². The number of rotatable bonds is 7. The maximum Gasteiger partial charge on any atom is 0.106 e. The Morgan fingerprint density at radius 1 is 1.65 bits per heavy atom. The average molecular weight is 253 g/mol. The van der Waals surface area contributed by atoms with E-state index in [9.17, 15) is 0 Å². The van der Waals surface area contributed by atoms with Crippen LogP contribution in [0.1, 0.15) is 25.3 Å². The van der Waals surface area contributed by atoms with Crippen molar-refractivity contribution in [2.24, 2.45) is 5.73 Å². The summed E-state index contributed by atoms with van der Waals surface area (Å²) >= 11 is 5.01. The molecule has 0 saturated heterocycles. The van der Waals surface area contributed by atoms with Gasteiger partial charge in [0.25, 0.3) is 0 Å². The first-order valence-corrected chi connectivity index (χ1v) is 6.09. The second kappa shape index (κ2) is 7.19. The van der Waals surface area contributed by atoms with Gasteiger partial charge in [-0.2, -0.15) is 0 Å². The third-order valence-corrected chi connectivity index (χ3v) is 2.67. The van der Waals surface area contributed by atoms with Crippen LogP contribution in [-0.2, 0) is 4.74 Å². The molecule has 0 spiro atoms. The van der Waals surface area contributed by atoms with Gasteiger partial charge in [-0.15, -0.1) is 0 Å². The summed E-state index contributed by atoms with van der Waals surface area (Å²) in [4.78, 5) is 4.46. The van der Waals surface area contributed by atoms with Gasteiger partial charge in [0.1, 0.15) is 4.99 Å². The number of hydrogen-bond acceptors (Lipinski definition) is 4. The average Bonchev–Trinajstić information content (AvgIpc) is 2.30. The van der Waals surface area contributed by atoms with Gasteiger partial charge in [-0.3, -0.25) is 4.98 Å². The molecule has 1 atom stereocenters. The molecule has 1 aromatic rings. The van der Waals surface area contributed by atoms with Gasteiger partial charge in [0.05, 0.1) is 18.5 Å².